The summed E-state index contributed by atoms with van der Waals surface area (Å²) in [6, 6.07) is 85.4. The maximum Gasteiger partial charge on any atom is 0.0640 e. The van der Waals surface area contributed by atoms with Gasteiger partial charge in [0.15, 0.2) is 0 Å². The molecular weight excluding hydrogens is 893 g/mol. The molecular formula is C64H38N2S3. The second kappa shape index (κ2) is 15.2. The molecule has 3 heterocycles. The Morgan fingerprint density at radius 1 is 0.217 bits per heavy atom. The van der Waals surface area contributed by atoms with Gasteiger partial charge >= 0.3 is 0 Å². The fraction of sp³-hybridized carbons (Fsp3) is 0. The third kappa shape index (κ3) is 5.82. The molecule has 0 aliphatic carbocycles. The van der Waals surface area contributed by atoms with Gasteiger partial charge < -0.3 is 9.80 Å². The van der Waals surface area contributed by atoms with Crippen LogP contribution in [-0.2, 0) is 0 Å². The highest BCUT2D eigenvalue weighted by Crippen LogP contribution is 2.52. The minimum absolute atomic E-state index is 1.13. The van der Waals surface area contributed by atoms with Crippen molar-refractivity contribution >= 4 is 172 Å². The van der Waals surface area contributed by atoms with E-state index < -0.39 is 0 Å². The Balaban J connectivity index is 0.983. The maximum absolute atomic E-state index is 2.46. The fourth-order valence-electron chi connectivity index (χ4n) is 11.2. The van der Waals surface area contributed by atoms with E-state index in [0.717, 1.165) is 22.7 Å². The van der Waals surface area contributed by atoms with Gasteiger partial charge in [-0.15, -0.1) is 34.0 Å². The Bertz CT molecular complexity index is 4570. The molecule has 0 N–H and O–H groups in total. The van der Waals surface area contributed by atoms with E-state index in [9.17, 15) is 0 Å². The van der Waals surface area contributed by atoms with E-state index >= 15 is 0 Å². The average molecular weight is 931 g/mol. The maximum atomic E-state index is 2.46. The lowest BCUT2D eigenvalue weighted by Gasteiger charge is -2.27. The van der Waals surface area contributed by atoms with Crippen LogP contribution in [0.25, 0.3) is 104 Å². The molecule has 69 heavy (non-hydrogen) atoms. The number of rotatable bonds is 6. The largest absolute Gasteiger partial charge is 0.309 e. The Hall–Kier alpha value is -8.06. The number of thiophene rings is 3. The first-order valence-corrected chi connectivity index (χ1v) is 25.9. The summed E-state index contributed by atoms with van der Waals surface area (Å²) in [4.78, 5) is 4.92. The number of benzene rings is 12. The molecule has 15 rings (SSSR count). The topological polar surface area (TPSA) is 6.48 Å². The van der Waals surface area contributed by atoms with E-state index in [1.807, 2.05) is 34.0 Å². The van der Waals surface area contributed by atoms with Gasteiger partial charge in [-0.25, -0.2) is 0 Å². The molecule has 322 valence electrons. The number of nitrogens with zero attached hydrogens (tertiary/aromatic N) is 2. The van der Waals surface area contributed by atoms with Gasteiger partial charge in [0.1, 0.15) is 0 Å². The van der Waals surface area contributed by atoms with Crippen molar-refractivity contribution in [2.24, 2.45) is 0 Å². The summed E-state index contributed by atoms with van der Waals surface area (Å²) in [6.45, 7) is 0. The van der Waals surface area contributed by atoms with E-state index in [2.05, 4.69) is 240 Å². The van der Waals surface area contributed by atoms with Gasteiger partial charge in [0.05, 0.1) is 20.8 Å². The standard InChI is InChI=1S/C64H38N2S3/c1-3-17-39(18-4-1)65(54-29-15-27-50-44-22-11-13-31-56(44)67-62(50)54)41-33-35-49-53(37-41)43-21-7-8-24-46(43)61-59(49)47-25-9-10-26-48(47)60-52-36-34-42(38-58(52)69-64(60)61)66(40-19-5-2-6-20-40)55-30-16-28-51-45-23-12-14-32-57(45)68-63(51)55/h1-38H. The number of para-hydroxylation sites is 2. The van der Waals surface area contributed by atoms with Gasteiger partial charge in [-0.1, -0.05) is 158 Å². The molecule has 0 saturated carbocycles. The van der Waals surface area contributed by atoms with E-state index in [4.69, 9.17) is 0 Å². The molecule has 0 amide bonds. The van der Waals surface area contributed by atoms with Gasteiger partial charge in [0, 0.05) is 79.3 Å². The molecule has 0 unspecified atom stereocenters. The summed E-state index contributed by atoms with van der Waals surface area (Å²) < 4.78 is 7.80. The summed E-state index contributed by atoms with van der Waals surface area (Å²) in [7, 11) is 0. The monoisotopic (exact) mass is 930 g/mol. The summed E-state index contributed by atoms with van der Waals surface area (Å²) in [5.74, 6) is 0. The van der Waals surface area contributed by atoms with Crippen molar-refractivity contribution in [1.29, 1.82) is 0 Å². The lowest BCUT2D eigenvalue weighted by molar-refractivity contribution is 1.31. The highest BCUT2D eigenvalue weighted by atomic mass is 32.1. The summed E-state index contributed by atoms with van der Waals surface area (Å²) in [5, 5.41) is 18.1. The highest BCUT2D eigenvalue weighted by molar-refractivity contribution is 7.27. The second-order valence-corrected chi connectivity index (χ2v) is 21.1. The molecule has 0 bridgehead atoms. The van der Waals surface area contributed by atoms with Crippen molar-refractivity contribution in [3.63, 3.8) is 0 Å². The molecule has 0 atom stereocenters. The Morgan fingerprint density at radius 3 is 1.22 bits per heavy atom. The lowest BCUT2D eigenvalue weighted by atomic mass is 9.89. The first kappa shape index (κ1) is 39.0. The van der Waals surface area contributed by atoms with Gasteiger partial charge in [0.25, 0.3) is 0 Å². The fourth-order valence-corrected chi connectivity index (χ4v) is 15.0. The highest BCUT2D eigenvalue weighted by Gasteiger charge is 2.24. The van der Waals surface area contributed by atoms with Crippen LogP contribution in [0.15, 0.2) is 231 Å². The Labute approximate surface area is 409 Å². The van der Waals surface area contributed by atoms with Crippen molar-refractivity contribution in [3.8, 4) is 0 Å². The number of anilines is 6. The Kier molecular flexibility index (Phi) is 8.60. The van der Waals surface area contributed by atoms with Crippen molar-refractivity contribution in [3.05, 3.63) is 231 Å². The van der Waals surface area contributed by atoms with Crippen molar-refractivity contribution in [1.82, 2.24) is 0 Å². The summed E-state index contributed by atoms with van der Waals surface area (Å²) in [6.07, 6.45) is 0. The zero-order chi connectivity index (χ0) is 45.2. The molecule has 5 heteroatoms. The van der Waals surface area contributed by atoms with Crippen LogP contribution in [0, 0.1) is 0 Å². The third-order valence-electron chi connectivity index (χ3n) is 14.2. The van der Waals surface area contributed by atoms with Crippen molar-refractivity contribution in [2.45, 2.75) is 0 Å². The van der Waals surface area contributed by atoms with Crippen LogP contribution >= 0.6 is 34.0 Å². The van der Waals surface area contributed by atoms with Crippen LogP contribution in [0.2, 0.25) is 0 Å². The molecule has 0 aliphatic heterocycles. The smallest absolute Gasteiger partial charge is 0.0640 e. The lowest BCUT2D eigenvalue weighted by Crippen LogP contribution is -2.10. The van der Waals surface area contributed by atoms with Crippen molar-refractivity contribution < 1.29 is 0 Å². The number of hydrogen-bond donors (Lipinski definition) is 0. The van der Waals surface area contributed by atoms with Crippen molar-refractivity contribution in [2.75, 3.05) is 9.80 Å². The van der Waals surface area contributed by atoms with Gasteiger partial charge in [-0.2, -0.15) is 0 Å². The van der Waals surface area contributed by atoms with Crippen LogP contribution < -0.4 is 9.80 Å². The molecule has 0 fully saturated rings. The predicted molar refractivity (Wildman–Crippen MR) is 304 cm³/mol. The normalized spacial score (nSPS) is 12.1. The number of fused-ring (bicyclic) bond motifs is 19. The Morgan fingerprint density at radius 2 is 0.638 bits per heavy atom. The average Bonchev–Trinajstić information content (AvgIpc) is 4.12. The van der Waals surface area contributed by atoms with E-state index in [0.29, 0.717) is 0 Å². The number of hydrogen-bond acceptors (Lipinski definition) is 5. The SMILES string of the molecule is c1ccc(N(c2ccc3c(c2)sc2c3c3ccccc3c3c4ccc(N(c5ccccc5)c5cccc6c5sc5ccccc56)cc4c4ccccc4c23)c2cccc3c2sc2ccccc23)cc1. The van der Waals surface area contributed by atoms with Crippen LogP contribution in [0.1, 0.15) is 0 Å². The van der Waals surface area contributed by atoms with Crippen LogP contribution in [0.5, 0.6) is 0 Å². The van der Waals surface area contributed by atoms with Gasteiger partial charge in [0.2, 0.25) is 0 Å². The first-order valence-electron chi connectivity index (χ1n) is 23.4. The van der Waals surface area contributed by atoms with Crippen LogP contribution in [-0.4, -0.2) is 0 Å². The van der Waals surface area contributed by atoms with E-state index in [-0.39, 0.29) is 0 Å². The first-order chi connectivity index (χ1) is 34.2. The summed E-state index contributed by atoms with van der Waals surface area (Å²) >= 11 is 5.69. The van der Waals surface area contributed by atoms with Crippen LogP contribution in [0.4, 0.5) is 34.1 Å². The van der Waals surface area contributed by atoms with Gasteiger partial charge in [-0.05, 0) is 110 Å². The molecule has 2 nitrogen and oxygen atoms in total. The molecule has 3 aromatic heterocycles. The molecule has 0 radical (unpaired) electrons. The molecule has 0 spiro atoms. The van der Waals surface area contributed by atoms with Crippen LogP contribution in [0.3, 0.4) is 0 Å². The zero-order valence-electron chi connectivity index (χ0n) is 37.1. The third-order valence-corrected chi connectivity index (χ3v) is 17.8. The molecule has 15 aromatic rings. The molecule has 0 saturated heterocycles. The second-order valence-electron chi connectivity index (χ2n) is 17.9. The minimum atomic E-state index is 1.13. The van der Waals surface area contributed by atoms with E-state index in [1.165, 1.54) is 115 Å². The predicted octanol–water partition coefficient (Wildman–Crippen LogP) is 20.3. The minimum Gasteiger partial charge on any atom is -0.309 e. The van der Waals surface area contributed by atoms with Gasteiger partial charge in [-0.3, -0.25) is 0 Å². The molecule has 12 aromatic carbocycles. The molecule has 0 aliphatic rings. The van der Waals surface area contributed by atoms with E-state index in [1.54, 1.807) is 0 Å². The zero-order valence-corrected chi connectivity index (χ0v) is 39.5. The summed E-state index contributed by atoms with van der Waals surface area (Å²) in [5.41, 5.74) is 6.94. The quantitative estimate of drug-likeness (QED) is 0.153.